The van der Waals surface area contributed by atoms with E-state index in [1.165, 1.54) is 24.3 Å². The predicted molar refractivity (Wildman–Crippen MR) is 186 cm³/mol. The van der Waals surface area contributed by atoms with Crippen LogP contribution in [0, 0.1) is 5.41 Å². The third-order valence-electron chi connectivity index (χ3n) is 9.05. The molecule has 0 spiro atoms. The second-order valence-electron chi connectivity index (χ2n) is 13.0. The zero-order valence-electron chi connectivity index (χ0n) is 27.4. The fourth-order valence-electron chi connectivity index (χ4n) is 6.49. The average Bonchev–Trinajstić information content (AvgIpc) is 3.68. The number of carbonyl (C=O) groups excluding carboxylic acids is 2. The highest BCUT2D eigenvalue weighted by Crippen LogP contribution is 2.55. The molecule has 4 rings (SSSR count). The van der Waals surface area contributed by atoms with Crippen LogP contribution in [0.4, 0.5) is 0 Å². The van der Waals surface area contributed by atoms with Gasteiger partial charge in [0, 0.05) is 36.1 Å². The number of nitrogens with two attached hydrogens (primary N) is 1. The number of para-hydroxylation sites is 1. The van der Waals surface area contributed by atoms with Gasteiger partial charge in [-0.05, 0) is 61.6 Å². The fourth-order valence-corrected chi connectivity index (χ4v) is 9.61. The number of unbranched alkanes of at least 4 members (excludes halogenated alkanes) is 1. The van der Waals surface area contributed by atoms with Gasteiger partial charge in [-0.3, -0.25) is 14.2 Å². The molecule has 2 amide bonds. The summed E-state index contributed by atoms with van der Waals surface area (Å²) in [4.78, 5) is 54.7. The summed E-state index contributed by atoms with van der Waals surface area (Å²) in [5, 5.41) is 25.9. The molecule has 2 aromatic carbocycles. The first-order valence-electron chi connectivity index (χ1n) is 16.3. The van der Waals surface area contributed by atoms with Gasteiger partial charge in [-0.2, -0.15) is 0 Å². The minimum absolute atomic E-state index is 0.0175. The zero-order valence-corrected chi connectivity index (χ0v) is 29.1. The van der Waals surface area contributed by atoms with Crippen molar-refractivity contribution in [1.29, 1.82) is 0 Å². The number of sulfonamides is 1. The number of amides is 2. The minimum Gasteiger partial charge on any atom is -0.508 e. The van der Waals surface area contributed by atoms with Crippen molar-refractivity contribution in [3.8, 4) is 5.75 Å². The highest BCUT2D eigenvalue weighted by atomic mass is 32.2. The molecule has 1 unspecified atom stereocenters. The molecule has 1 aliphatic carbocycles. The molecule has 268 valence electrons. The Morgan fingerprint density at radius 3 is 2.31 bits per heavy atom. The van der Waals surface area contributed by atoms with E-state index in [4.69, 9.17) is 5.73 Å². The van der Waals surface area contributed by atoms with Crippen molar-refractivity contribution in [2.75, 3.05) is 19.0 Å². The Bertz CT molecular complexity index is 1770. The van der Waals surface area contributed by atoms with Gasteiger partial charge in [0.05, 0.1) is 11.7 Å². The lowest BCUT2D eigenvalue weighted by Crippen LogP contribution is -2.52. The minimum atomic E-state index is -4.49. The third-order valence-corrected chi connectivity index (χ3v) is 12.1. The number of aromatic amines is 1. The number of aromatic hydroxyl groups is 1. The summed E-state index contributed by atoms with van der Waals surface area (Å²) >= 11 is 0. The van der Waals surface area contributed by atoms with Crippen LogP contribution in [0.5, 0.6) is 5.75 Å². The standard InChI is InChI=1S/C33H46N5O9PS/c1-49(46,47)38-27(10-4-7-17-34)30(40)37-29(18-22-11-13-24(39)14-12-22)48(44,45)21-33(15-5-6-16-33)32(43)36-28(31(41)42)19-23-20-35-26-9-3-2-8-25(23)26/h2-3,8-9,11-14,20,27-29,35,38-39H,4-7,10,15-19,21,34H2,1H3,(H,36,43)(H,37,40)(H,41,42)(H,44,45)/t27-,28-,29+/m0/s1. The molecule has 0 aliphatic heterocycles. The summed E-state index contributed by atoms with van der Waals surface area (Å²) < 4.78 is 40.9. The Hall–Kier alpha value is -3.75. The maximum absolute atomic E-state index is 14.4. The smallest absolute Gasteiger partial charge is 0.326 e. The lowest BCUT2D eigenvalue weighted by molar-refractivity contribution is -0.143. The molecule has 16 heteroatoms. The molecule has 4 atom stereocenters. The summed E-state index contributed by atoms with van der Waals surface area (Å²) in [5.41, 5.74) is 6.20. The van der Waals surface area contributed by atoms with Crippen molar-refractivity contribution in [2.45, 2.75) is 75.7 Å². The lowest BCUT2D eigenvalue weighted by Gasteiger charge is -2.34. The number of carboxylic acids is 1. The van der Waals surface area contributed by atoms with Crippen LogP contribution in [0.15, 0.2) is 54.7 Å². The lowest BCUT2D eigenvalue weighted by atomic mass is 9.87. The molecule has 0 saturated heterocycles. The number of nitrogens with one attached hydrogen (secondary N) is 4. The molecular weight excluding hydrogens is 673 g/mol. The molecule has 1 aromatic heterocycles. The SMILES string of the molecule is CS(=O)(=O)N[C@@H](CCCCN)C(=O)N[C@@H](Cc1ccc(O)cc1)P(=O)(O)CC1(C(=O)N[C@@H](Cc2c[nH]c3ccccc23)C(=O)O)CCCC1. The number of carboxylic acid groups (broad SMARTS) is 1. The van der Waals surface area contributed by atoms with Crippen molar-refractivity contribution < 1.29 is 42.5 Å². The monoisotopic (exact) mass is 719 g/mol. The van der Waals surface area contributed by atoms with Crippen molar-refractivity contribution >= 4 is 46.1 Å². The van der Waals surface area contributed by atoms with Crippen LogP contribution in [-0.2, 0) is 41.8 Å². The highest BCUT2D eigenvalue weighted by Gasteiger charge is 2.49. The number of aromatic nitrogens is 1. The Kier molecular flexibility index (Phi) is 12.7. The maximum atomic E-state index is 14.4. The van der Waals surface area contributed by atoms with E-state index in [9.17, 15) is 42.5 Å². The van der Waals surface area contributed by atoms with Crippen LogP contribution in [-0.4, -0.2) is 83.1 Å². The van der Waals surface area contributed by atoms with Gasteiger partial charge in [-0.15, -0.1) is 0 Å². The molecule has 0 bridgehead atoms. The van der Waals surface area contributed by atoms with Crippen molar-refractivity contribution in [3.05, 3.63) is 65.9 Å². The summed E-state index contributed by atoms with van der Waals surface area (Å²) in [6.07, 6.45) is 4.55. The number of benzene rings is 2. The van der Waals surface area contributed by atoms with Gasteiger partial charge >= 0.3 is 5.97 Å². The van der Waals surface area contributed by atoms with Gasteiger partial charge in [0.15, 0.2) is 0 Å². The molecule has 1 saturated carbocycles. The molecule has 3 aromatic rings. The number of aliphatic carboxylic acids is 1. The predicted octanol–water partition coefficient (Wildman–Crippen LogP) is 2.55. The Labute approximate surface area is 285 Å². The van der Waals surface area contributed by atoms with Crippen LogP contribution in [0.25, 0.3) is 10.9 Å². The zero-order chi connectivity index (χ0) is 35.8. The molecule has 1 fully saturated rings. The van der Waals surface area contributed by atoms with Gasteiger partial charge < -0.3 is 36.5 Å². The van der Waals surface area contributed by atoms with E-state index in [1.54, 1.807) is 6.20 Å². The summed E-state index contributed by atoms with van der Waals surface area (Å²) in [7, 11) is -8.32. The molecular formula is C33H46N5O9PS. The first-order valence-corrected chi connectivity index (χ1v) is 20.1. The molecule has 1 aliphatic rings. The van der Waals surface area contributed by atoms with E-state index < -0.39 is 64.6 Å². The van der Waals surface area contributed by atoms with Crippen LogP contribution >= 0.6 is 7.37 Å². The van der Waals surface area contributed by atoms with Crippen LogP contribution in [0.2, 0.25) is 0 Å². The number of phenolic OH excluding ortho intramolecular Hbond substituents is 1. The summed E-state index contributed by atoms with van der Waals surface area (Å²) in [6.45, 7) is 0.331. The topological polar surface area (TPSA) is 241 Å². The first-order chi connectivity index (χ1) is 23.1. The number of H-pyrrole nitrogens is 1. The normalized spacial score (nSPS) is 17.5. The number of rotatable bonds is 18. The van der Waals surface area contributed by atoms with Crippen molar-refractivity contribution in [2.24, 2.45) is 11.1 Å². The van der Waals surface area contributed by atoms with E-state index >= 15 is 0 Å². The average molecular weight is 720 g/mol. The Morgan fingerprint density at radius 1 is 1.00 bits per heavy atom. The first kappa shape index (κ1) is 38.1. The van der Waals surface area contributed by atoms with Crippen molar-refractivity contribution in [1.82, 2.24) is 20.3 Å². The summed E-state index contributed by atoms with van der Waals surface area (Å²) in [5.74, 6) is -4.18. The Balaban J connectivity index is 1.60. The van der Waals surface area contributed by atoms with E-state index in [2.05, 4.69) is 20.3 Å². The number of hydrogen-bond donors (Lipinski definition) is 8. The van der Waals surface area contributed by atoms with Gasteiger partial charge in [-0.25, -0.2) is 17.9 Å². The second-order valence-corrected chi connectivity index (χ2v) is 17.2. The third kappa shape index (κ3) is 10.4. The number of fused-ring (bicyclic) bond motifs is 1. The van der Waals surface area contributed by atoms with Gasteiger partial charge in [0.1, 0.15) is 23.6 Å². The van der Waals surface area contributed by atoms with Crippen molar-refractivity contribution in [3.63, 3.8) is 0 Å². The maximum Gasteiger partial charge on any atom is 0.326 e. The van der Waals surface area contributed by atoms with Gasteiger partial charge in [-0.1, -0.05) is 49.6 Å². The molecule has 14 nitrogen and oxygen atoms in total. The van der Waals surface area contributed by atoms with E-state index in [0.29, 0.717) is 43.4 Å². The van der Waals surface area contributed by atoms with Crippen LogP contribution in [0.3, 0.4) is 0 Å². The highest BCUT2D eigenvalue weighted by molar-refractivity contribution is 7.88. The number of carbonyl (C=O) groups is 3. The molecule has 1 heterocycles. The van der Waals surface area contributed by atoms with Crippen LogP contribution < -0.4 is 21.1 Å². The second kappa shape index (κ2) is 16.3. The van der Waals surface area contributed by atoms with E-state index in [-0.39, 0.29) is 37.9 Å². The fraction of sp³-hybridized carbons (Fsp3) is 0.485. The van der Waals surface area contributed by atoms with E-state index in [0.717, 1.165) is 17.2 Å². The Morgan fingerprint density at radius 2 is 1.67 bits per heavy atom. The molecule has 49 heavy (non-hydrogen) atoms. The number of hydrogen-bond acceptors (Lipinski definition) is 8. The molecule has 9 N–H and O–H groups in total. The van der Waals surface area contributed by atoms with E-state index in [1.807, 2.05) is 24.3 Å². The molecule has 0 radical (unpaired) electrons. The number of phenols is 1. The quantitative estimate of drug-likeness (QED) is 0.0706. The van der Waals surface area contributed by atoms with Gasteiger partial charge in [0.25, 0.3) is 0 Å². The van der Waals surface area contributed by atoms with Crippen LogP contribution in [0.1, 0.15) is 56.1 Å². The summed E-state index contributed by atoms with van der Waals surface area (Å²) in [6, 6.07) is 10.7. The van der Waals surface area contributed by atoms with Gasteiger partial charge in [0.2, 0.25) is 29.2 Å². The largest absolute Gasteiger partial charge is 0.508 e.